The fourth-order valence-electron chi connectivity index (χ4n) is 2.34. The number of benzene rings is 1. The monoisotopic (exact) mass is 279 g/mol. The average Bonchev–Trinajstić information content (AvgIpc) is 2.42. The van der Waals surface area contributed by atoms with Crippen molar-refractivity contribution in [3.8, 4) is 5.75 Å². The lowest BCUT2D eigenvalue weighted by Crippen LogP contribution is -2.43. The van der Waals surface area contributed by atoms with Gasteiger partial charge in [-0.25, -0.2) is 0 Å². The normalized spacial score (nSPS) is 14.2. The van der Waals surface area contributed by atoms with Gasteiger partial charge in [-0.2, -0.15) is 0 Å². The minimum absolute atomic E-state index is 0.0890. The van der Waals surface area contributed by atoms with Gasteiger partial charge < -0.3 is 10.2 Å². The molecule has 0 aliphatic rings. The summed E-state index contributed by atoms with van der Waals surface area (Å²) in [7, 11) is 0. The van der Waals surface area contributed by atoms with Gasteiger partial charge in [0.15, 0.2) is 0 Å². The first kappa shape index (κ1) is 16.5. The maximum atomic E-state index is 11.0. The maximum Gasteiger partial charge on any atom is 0.317 e. The molecule has 0 bridgehead atoms. The van der Waals surface area contributed by atoms with Crippen molar-refractivity contribution < 1.29 is 15.0 Å². The predicted molar refractivity (Wildman–Crippen MR) is 80.0 cm³/mol. The van der Waals surface area contributed by atoms with Crippen molar-refractivity contribution in [2.45, 2.75) is 52.1 Å². The third-order valence-electron chi connectivity index (χ3n) is 3.83. The Morgan fingerprint density at radius 1 is 1.20 bits per heavy atom. The van der Waals surface area contributed by atoms with Crippen LogP contribution in [-0.2, 0) is 11.2 Å². The fourth-order valence-corrected chi connectivity index (χ4v) is 2.34. The molecule has 2 atom stereocenters. The molecule has 0 aromatic heterocycles. The van der Waals surface area contributed by atoms with Gasteiger partial charge in [-0.3, -0.25) is 9.69 Å². The summed E-state index contributed by atoms with van der Waals surface area (Å²) in [6.45, 7) is 6.31. The molecule has 0 heterocycles. The molecule has 0 aliphatic carbocycles. The molecule has 0 amide bonds. The van der Waals surface area contributed by atoms with Gasteiger partial charge in [0.05, 0.1) is 6.54 Å². The van der Waals surface area contributed by atoms with Crippen LogP contribution in [0.4, 0.5) is 0 Å². The van der Waals surface area contributed by atoms with Crippen LogP contribution in [-0.4, -0.2) is 39.7 Å². The number of aromatic hydroxyl groups is 1. The van der Waals surface area contributed by atoms with Gasteiger partial charge in [-0.15, -0.1) is 0 Å². The molecule has 1 rings (SSSR count). The Morgan fingerprint density at radius 3 is 2.30 bits per heavy atom. The van der Waals surface area contributed by atoms with E-state index in [2.05, 4.69) is 20.8 Å². The minimum atomic E-state index is -0.776. The maximum absolute atomic E-state index is 11.0. The van der Waals surface area contributed by atoms with Gasteiger partial charge in [0.2, 0.25) is 0 Å². The fraction of sp³-hybridized carbons (Fsp3) is 0.562. The van der Waals surface area contributed by atoms with E-state index in [-0.39, 0.29) is 24.4 Å². The zero-order valence-corrected chi connectivity index (χ0v) is 12.5. The number of nitrogens with zero attached hydrogens (tertiary/aromatic N) is 1. The topological polar surface area (TPSA) is 60.8 Å². The first-order valence-corrected chi connectivity index (χ1v) is 7.19. The number of aryl methyl sites for hydroxylation is 1. The standard InChI is InChI=1S/C16H25NO3/c1-4-12(2)17(11-16(19)20)13(3)5-6-14-7-9-15(18)10-8-14/h7-10,12-13,18H,4-6,11H2,1-3H3,(H,19,20). The summed E-state index contributed by atoms with van der Waals surface area (Å²) in [5, 5.41) is 18.3. The molecule has 1 aromatic rings. The molecular weight excluding hydrogens is 254 g/mol. The lowest BCUT2D eigenvalue weighted by Gasteiger charge is -2.32. The quantitative estimate of drug-likeness (QED) is 0.768. The van der Waals surface area contributed by atoms with Crippen LogP contribution in [0.1, 0.15) is 39.2 Å². The van der Waals surface area contributed by atoms with E-state index in [1.54, 1.807) is 12.1 Å². The second-order valence-corrected chi connectivity index (χ2v) is 5.38. The second kappa shape index (κ2) is 7.90. The minimum Gasteiger partial charge on any atom is -0.508 e. The van der Waals surface area contributed by atoms with E-state index < -0.39 is 5.97 Å². The molecule has 0 fully saturated rings. The van der Waals surface area contributed by atoms with Gasteiger partial charge in [0, 0.05) is 12.1 Å². The first-order valence-electron chi connectivity index (χ1n) is 7.19. The summed E-state index contributed by atoms with van der Waals surface area (Å²) in [5.41, 5.74) is 1.16. The Labute approximate surface area is 121 Å². The molecule has 1 aromatic carbocycles. The van der Waals surface area contributed by atoms with Crippen molar-refractivity contribution in [3.05, 3.63) is 29.8 Å². The number of hydrogen-bond donors (Lipinski definition) is 2. The number of phenols is 1. The molecule has 112 valence electrons. The van der Waals surface area contributed by atoms with Gasteiger partial charge in [0.1, 0.15) is 5.75 Å². The lowest BCUT2D eigenvalue weighted by atomic mass is 10.0. The van der Waals surface area contributed by atoms with Crippen LogP contribution in [0, 0.1) is 0 Å². The van der Waals surface area contributed by atoms with E-state index in [4.69, 9.17) is 5.11 Å². The summed E-state index contributed by atoms with van der Waals surface area (Å²) in [6.07, 6.45) is 2.73. The van der Waals surface area contributed by atoms with Crippen LogP contribution < -0.4 is 0 Å². The SMILES string of the molecule is CCC(C)N(CC(=O)O)C(C)CCc1ccc(O)cc1. The Balaban J connectivity index is 2.58. The molecule has 0 saturated carbocycles. The highest BCUT2D eigenvalue weighted by Crippen LogP contribution is 2.16. The molecule has 4 heteroatoms. The summed E-state index contributed by atoms with van der Waals surface area (Å²) < 4.78 is 0. The molecular formula is C16H25NO3. The van der Waals surface area contributed by atoms with E-state index in [1.807, 2.05) is 17.0 Å². The molecule has 20 heavy (non-hydrogen) atoms. The molecule has 0 aliphatic heterocycles. The van der Waals surface area contributed by atoms with Crippen molar-refractivity contribution in [1.82, 2.24) is 4.90 Å². The van der Waals surface area contributed by atoms with Gasteiger partial charge in [0.25, 0.3) is 0 Å². The van der Waals surface area contributed by atoms with E-state index in [9.17, 15) is 9.90 Å². The zero-order valence-electron chi connectivity index (χ0n) is 12.5. The number of carboxylic acids is 1. The Morgan fingerprint density at radius 2 is 1.80 bits per heavy atom. The predicted octanol–water partition coefficient (Wildman–Crippen LogP) is 2.90. The van der Waals surface area contributed by atoms with E-state index in [0.29, 0.717) is 0 Å². The summed E-state index contributed by atoms with van der Waals surface area (Å²) in [4.78, 5) is 13.0. The number of carbonyl (C=O) groups is 1. The zero-order chi connectivity index (χ0) is 15.1. The number of carboxylic acid groups (broad SMARTS) is 1. The van der Waals surface area contributed by atoms with Crippen molar-refractivity contribution in [1.29, 1.82) is 0 Å². The van der Waals surface area contributed by atoms with Crippen LogP contribution in [0.3, 0.4) is 0 Å². The Bertz CT molecular complexity index is 416. The molecule has 2 N–H and O–H groups in total. The molecule has 0 spiro atoms. The summed E-state index contributed by atoms with van der Waals surface area (Å²) in [6, 6.07) is 7.67. The highest BCUT2D eigenvalue weighted by Gasteiger charge is 2.21. The smallest absolute Gasteiger partial charge is 0.317 e. The number of rotatable bonds is 8. The van der Waals surface area contributed by atoms with Crippen LogP contribution in [0.15, 0.2) is 24.3 Å². The third-order valence-corrected chi connectivity index (χ3v) is 3.83. The van der Waals surface area contributed by atoms with Crippen molar-refractivity contribution in [3.63, 3.8) is 0 Å². The molecule has 0 saturated heterocycles. The lowest BCUT2D eigenvalue weighted by molar-refractivity contribution is -0.139. The van der Waals surface area contributed by atoms with Crippen LogP contribution in [0.5, 0.6) is 5.75 Å². The molecule has 0 radical (unpaired) electrons. The highest BCUT2D eigenvalue weighted by molar-refractivity contribution is 5.69. The van der Waals surface area contributed by atoms with Gasteiger partial charge in [-0.05, 0) is 50.8 Å². The summed E-state index contributed by atoms with van der Waals surface area (Å²) >= 11 is 0. The summed E-state index contributed by atoms with van der Waals surface area (Å²) in [5.74, 6) is -0.504. The Hall–Kier alpha value is -1.55. The van der Waals surface area contributed by atoms with Crippen LogP contribution in [0.25, 0.3) is 0 Å². The first-order chi connectivity index (χ1) is 9.43. The largest absolute Gasteiger partial charge is 0.508 e. The van der Waals surface area contributed by atoms with E-state index >= 15 is 0 Å². The van der Waals surface area contributed by atoms with Crippen molar-refractivity contribution in [2.24, 2.45) is 0 Å². The molecule has 4 nitrogen and oxygen atoms in total. The third kappa shape index (κ3) is 5.21. The number of hydrogen-bond acceptors (Lipinski definition) is 3. The molecule has 2 unspecified atom stereocenters. The highest BCUT2D eigenvalue weighted by atomic mass is 16.4. The number of aliphatic carboxylic acids is 1. The average molecular weight is 279 g/mol. The van der Waals surface area contributed by atoms with Crippen molar-refractivity contribution >= 4 is 5.97 Å². The van der Waals surface area contributed by atoms with Crippen LogP contribution in [0.2, 0.25) is 0 Å². The number of phenolic OH excluding ortho intramolecular Hbond substituents is 1. The van der Waals surface area contributed by atoms with E-state index in [1.165, 1.54) is 0 Å². The van der Waals surface area contributed by atoms with Crippen LogP contribution >= 0.6 is 0 Å². The van der Waals surface area contributed by atoms with Crippen molar-refractivity contribution in [2.75, 3.05) is 6.54 Å². The van der Waals surface area contributed by atoms with E-state index in [0.717, 1.165) is 24.8 Å². The van der Waals surface area contributed by atoms with Gasteiger partial charge in [-0.1, -0.05) is 19.1 Å². The van der Waals surface area contributed by atoms with Gasteiger partial charge >= 0.3 is 5.97 Å². The second-order valence-electron chi connectivity index (χ2n) is 5.38. The Kier molecular flexibility index (Phi) is 6.52.